The van der Waals surface area contributed by atoms with Crippen molar-refractivity contribution in [2.24, 2.45) is 9.98 Å². The van der Waals surface area contributed by atoms with Crippen LogP contribution in [0.3, 0.4) is 0 Å². The lowest BCUT2D eigenvalue weighted by molar-refractivity contribution is 0.477. The molecule has 0 saturated carbocycles. The number of hydrogen-bond donors (Lipinski definition) is 1. The largest absolute Gasteiger partial charge is 0.453 e. The maximum absolute atomic E-state index is 6.10. The second kappa shape index (κ2) is 6.74. The Balaban J connectivity index is 1.38. The Morgan fingerprint density at radius 2 is 1.53 bits per heavy atom. The van der Waals surface area contributed by atoms with Gasteiger partial charge < -0.3 is 15.0 Å². The van der Waals surface area contributed by atoms with Gasteiger partial charge in [0.05, 0.1) is 17.1 Å². The number of nitrogens with one attached hydrogen (secondary N) is 1. The quantitative estimate of drug-likeness (QED) is 0.487. The lowest BCUT2D eigenvalue weighted by atomic mass is 10.1. The fourth-order valence-corrected chi connectivity index (χ4v) is 3.91. The van der Waals surface area contributed by atoms with Crippen LogP contribution in [0, 0.1) is 0 Å². The van der Waals surface area contributed by atoms with Gasteiger partial charge in [-0.3, -0.25) is 0 Å². The van der Waals surface area contributed by atoms with Crippen LogP contribution in [-0.4, -0.2) is 18.1 Å². The Morgan fingerprint density at radius 1 is 0.833 bits per heavy atom. The van der Waals surface area contributed by atoms with Gasteiger partial charge in [-0.1, -0.05) is 42.5 Å². The summed E-state index contributed by atoms with van der Waals surface area (Å²) in [6.07, 6.45) is 7.71. The van der Waals surface area contributed by atoms with Crippen molar-refractivity contribution in [3.8, 4) is 11.5 Å². The van der Waals surface area contributed by atoms with Crippen molar-refractivity contribution in [3.05, 3.63) is 96.7 Å². The summed E-state index contributed by atoms with van der Waals surface area (Å²) in [6.45, 7) is 0. The predicted molar refractivity (Wildman–Crippen MR) is 121 cm³/mol. The van der Waals surface area contributed by atoms with Crippen LogP contribution in [0.4, 0.5) is 17.1 Å². The Hall–Kier alpha value is -4.12. The summed E-state index contributed by atoms with van der Waals surface area (Å²) in [4.78, 5) is 11.3. The predicted octanol–water partition coefficient (Wildman–Crippen LogP) is 5.57. The summed E-state index contributed by atoms with van der Waals surface area (Å²) in [5.74, 6) is 2.48. The van der Waals surface area contributed by atoms with Gasteiger partial charge in [-0.15, -0.1) is 0 Å². The van der Waals surface area contributed by atoms with Gasteiger partial charge in [0.2, 0.25) is 0 Å². The fraction of sp³-hybridized carbons (Fsp3) is 0.0400. The third kappa shape index (κ3) is 2.71. The Labute approximate surface area is 174 Å². The van der Waals surface area contributed by atoms with Crippen LogP contribution < -0.4 is 15.0 Å². The molecule has 0 radical (unpaired) electrons. The molecular weight excluding hydrogens is 372 g/mol. The number of nitrogens with zero attached hydrogens (tertiary/aromatic N) is 3. The van der Waals surface area contributed by atoms with Gasteiger partial charge in [-0.05, 0) is 42.5 Å². The Morgan fingerprint density at radius 3 is 2.27 bits per heavy atom. The molecule has 0 aromatic heterocycles. The van der Waals surface area contributed by atoms with Crippen LogP contribution in [0.25, 0.3) is 5.70 Å². The third-order valence-corrected chi connectivity index (χ3v) is 5.36. The van der Waals surface area contributed by atoms with Gasteiger partial charge in [0.1, 0.15) is 6.04 Å². The van der Waals surface area contributed by atoms with Gasteiger partial charge in [0.15, 0.2) is 17.3 Å². The molecule has 5 nitrogen and oxygen atoms in total. The van der Waals surface area contributed by atoms with E-state index in [2.05, 4.69) is 57.7 Å². The molecule has 0 fully saturated rings. The number of fused-ring (bicyclic) bond motifs is 3. The minimum atomic E-state index is 0.0550. The van der Waals surface area contributed by atoms with Crippen molar-refractivity contribution in [2.75, 3.05) is 4.90 Å². The van der Waals surface area contributed by atoms with Crippen LogP contribution in [0.15, 0.2) is 101 Å². The van der Waals surface area contributed by atoms with Crippen LogP contribution in [0.2, 0.25) is 0 Å². The molecular formula is C25H18N4O. The smallest absolute Gasteiger partial charge is 0.155 e. The van der Waals surface area contributed by atoms with Crippen molar-refractivity contribution in [1.29, 1.82) is 0 Å². The first-order chi connectivity index (χ1) is 14.9. The lowest BCUT2D eigenvalue weighted by Crippen LogP contribution is -2.34. The van der Waals surface area contributed by atoms with E-state index in [0.29, 0.717) is 0 Å². The maximum Gasteiger partial charge on any atom is 0.155 e. The number of amidine groups is 1. The average molecular weight is 390 g/mol. The molecule has 6 rings (SSSR count). The first kappa shape index (κ1) is 16.8. The second-order valence-corrected chi connectivity index (χ2v) is 7.23. The summed E-state index contributed by atoms with van der Waals surface area (Å²) >= 11 is 0. The normalized spacial score (nSPS) is 18.3. The van der Waals surface area contributed by atoms with E-state index >= 15 is 0 Å². The third-order valence-electron chi connectivity index (χ3n) is 5.36. The van der Waals surface area contributed by atoms with E-state index in [0.717, 1.165) is 45.7 Å². The number of ether oxygens (including phenoxy) is 1. The highest BCUT2D eigenvalue weighted by Crippen LogP contribution is 2.50. The molecule has 1 atom stereocenters. The molecule has 5 heteroatoms. The van der Waals surface area contributed by atoms with E-state index in [1.165, 1.54) is 0 Å². The molecule has 0 spiro atoms. The molecule has 3 aromatic rings. The molecule has 1 unspecified atom stereocenters. The molecule has 144 valence electrons. The van der Waals surface area contributed by atoms with Gasteiger partial charge in [-0.25, -0.2) is 9.98 Å². The summed E-state index contributed by atoms with van der Waals surface area (Å²) in [5, 5.41) is 3.35. The standard InChI is InChI=1S/C25H18N4O/c1-3-9-23-21(7-1)29(22-8-2-4-10-24(22)30-23)18-13-11-17(12-14-18)20-16-27-19-6-5-15-26-25(19)28-20/h1-16,19,27H. The van der Waals surface area contributed by atoms with E-state index < -0.39 is 0 Å². The molecule has 0 amide bonds. The van der Waals surface area contributed by atoms with Crippen molar-refractivity contribution in [3.63, 3.8) is 0 Å². The minimum absolute atomic E-state index is 0.0550. The topological polar surface area (TPSA) is 49.2 Å². The fourth-order valence-electron chi connectivity index (χ4n) is 3.91. The van der Waals surface area contributed by atoms with Crippen molar-refractivity contribution >= 4 is 34.8 Å². The van der Waals surface area contributed by atoms with E-state index in [4.69, 9.17) is 9.73 Å². The number of aliphatic imine (C=N–C) groups is 2. The van der Waals surface area contributed by atoms with Crippen LogP contribution in [0.5, 0.6) is 11.5 Å². The number of anilines is 3. The van der Waals surface area contributed by atoms with Crippen molar-refractivity contribution in [2.45, 2.75) is 6.04 Å². The number of hydrogen-bond acceptors (Lipinski definition) is 5. The SMILES string of the molecule is C1=CC2NC=C(c3ccc(N4c5ccccc5Oc5ccccc54)cc3)N=C2N=C1. The summed E-state index contributed by atoms with van der Waals surface area (Å²) in [5.41, 5.74) is 5.03. The highest BCUT2D eigenvalue weighted by molar-refractivity contribution is 6.03. The molecule has 3 aliphatic heterocycles. The maximum atomic E-state index is 6.10. The molecule has 30 heavy (non-hydrogen) atoms. The summed E-state index contributed by atoms with van der Waals surface area (Å²) in [7, 11) is 0. The monoisotopic (exact) mass is 390 g/mol. The van der Waals surface area contributed by atoms with Gasteiger partial charge >= 0.3 is 0 Å². The van der Waals surface area contributed by atoms with Crippen molar-refractivity contribution < 1.29 is 4.74 Å². The zero-order valence-corrected chi connectivity index (χ0v) is 16.1. The number of benzene rings is 3. The number of para-hydroxylation sites is 4. The van der Waals surface area contributed by atoms with E-state index in [-0.39, 0.29) is 6.04 Å². The molecule has 0 bridgehead atoms. The Bertz CT molecular complexity index is 1210. The van der Waals surface area contributed by atoms with Crippen LogP contribution >= 0.6 is 0 Å². The molecule has 3 heterocycles. The first-order valence-electron chi connectivity index (χ1n) is 9.89. The highest BCUT2D eigenvalue weighted by Gasteiger charge is 2.25. The van der Waals surface area contributed by atoms with E-state index in [1.54, 1.807) is 6.21 Å². The summed E-state index contributed by atoms with van der Waals surface area (Å²) in [6, 6.07) is 24.7. The summed E-state index contributed by atoms with van der Waals surface area (Å²) < 4.78 is 6.10. The molecule has 0 saturated heterocycles. The zero-order chi connectivity index (χ0) is 19.9. The zero-order valence-electron chi connectivity index (χ0n) is 16.1. The molecule has 3 aliphatic rings. The van der Waals surface area contributed by atoms with Gasteiger partial charge in [0, 0.05) is 23.7 Å². The minimum Gasteiger partial charge on any atom is -0.453 e. The number of dihydropyridines is 1. The second-order valence-electron chi connectivity index (χ2n) is 7.23. The van der Waals surface area contributed by atoms with Crippen LogP contribution in [-0.2, 0) is 0 Å². The molecule has 1 N–H and O–H groups in total. The number of allylic oxidation sites excluding steroid dienone is 1. The van der Waals surface area contributed by atoms with Gasteiger partial charge in [-0.2, -0.15) is 0 Å². The van der Waals surface area contributed by atoms with Gasteiger partial charge in [0.25, 0.3) is 0 Å². The highest BCUT2D eigenvalue weighted by atomic mass is 16.5. The first-order valence-corrected chi connectivity index (χ1v) is 9.89. The lowest BCUT2D eigenvalue weighted by Gasteiger charge is -2.32. The van der Waals surface area contributed by atoms with E-state index in [9.17, 15) is 0 Å². The Kier molecular flexibility index (Phi) is 3.77. The molecule has 3 aromatic carbocycles. The number of rotatable bonds is 2. The van der Waals surface area contributed by atoms with Crippen LogP contribution in [0.1, 0.15) is 5.56 Å². The van der Waals surface area contributed by atoms with Crippen molar-refractivity contribution in [1.82, 2.24) is 5.32 Å². The average Bonchev–Trinajstić information content (AvgIpc) is 2.82. The van der Waals surface area contributed by atoms with E-state index in [1.807, 2.05) is 48.7 Å². The molecule has 0 aliphatic carbocycles.